The number of hydrogen-bond donors (Lipinski definition) is 0. The summed E-state index contributed by atoms with van der Waals surface area (Å²) in [5, 5.41) is 0. The van der Waals surface area contributed by atoms with Crippen LogP contribution in [-0.4, -0.2) is 6.21 Å². The van der Waals surface area contributed by atoms with Gasteiger partial charge in [-0.1, -0.05) is 32.9 Å². The minimum atomic E-state index is 0.535. The van der Waals surface area contributed by atoms with E-state index in [-0.39, 0.29) is 0 Å². The number of aliphatic imine (C=N–C) groups is 1. The molecule has 0 bridgehead atoms. The Hall–Kier alpha value is -0.850. The minimum Gasteiger partial charge on any atom is -0.265 e. The summed E-state index contributed by atoms with van der Waals surface area (Å²) >= 11 is 0. The number of allylic oxidation sites excluding steroid dienone is 3. The van der Waals surface area contributed by atoms with Gasteiger partial charge in [0.1, 0.15) is 0 Å². The van der Waals surface area contributed by atoms with Gasteiger partial charge in [-0.15, -0.1) is 0 Å². The Morgan fingerprint density at radius 2 is 2.00 bits per heavy atom. The normalized spacial score (nSPS) is 21.5. The Bertz CT molecular complexity index is 175. The zero-order valence-electron chi connectivity index (χ0n) is 7.83. The highest BCUT2D eigenvalue weighted by Crippen LogP contribution is 2.05. The zero-order chi connectivity index (χ0) is 8.69. The van der Waals surface area contributed by atoms with Crippen LogP contribution in [0.5, 0.6) is 0 Å². The van der Waals surface area contributed by atoms with E-state index in [0.717, 1.165) is 0 Å². The number of rotatable bonds is 0. The third kappa shape index (κ3) is 4.54. The average Bonchev–Trinajstić information content (AvgIpc) is 2.18. The molecular formula is C10H17N. The Balaban J connectivity index is 0.000000461. The summed E-state index contributed by atoms with van der Waals surface area (Å²) in [5.41, 5.74) is 1.24. The van der Waals surface area contributed by atoms with Crippen LogP contribution < -0.4 is 0 Å². The van der Waals surface area contributed by atoms with Crippen molar-refractivity contribution in [1.29, 1.82) is 0 Å². The molecule has 1 unspecified atom stereocenters. The first-order valence-electron chi connectivity index (χ1n) is 4.17. The molecule has 0 spiro atoms. The zero-order valence-corrected chi connectivity index (χ0v) is 7.83. The third-order valence-corrected chi connectivity index (χ3v) is 1.28. The fourth-order valence-corrected chi connectivity index (χ4v) is 0.859. The Labute approximate surface area is 69.5 Å². The van der Waals surface area contributed by atoms with Gasteiger partial charge in [0.2, 0.25) is 0 Å². The first-order chi connectivity index (χ1) is 5.29. The van der Waals surface area contributed by atoms with Gasteiger partial charge in [0.05, 0.1) is 0 Å². The predicted octanol–water partition coefficient (Wildman–Crippen LogP) is 3.19. The molecule has 11 heavy (non-hydrogen) atoms. The summed E-state index contributed by atoms with van der Waals surface area (Å²) in [4.78, 5) is 4.03. The van der Waals surface area contributed by atoms with Gasteiger partial charge in [0.25, 0.3) is 0 Å². The van der Waals surface area contributed by atoms with Gasteiger partial charge in [-0.3, -0.25) is 4.99 Å². The van der Waals surface area contributed by atoms with Crippen molar-refractivity contribution in [3.63, 3.8) is 0 Å². The molecule has 0 aliphatic carbocycles. The van der Waals surface area contributed by atoms with E-state index >= 15 is 0 Å². The molecule has 1 aliphatic heterocycles. The smallest absolute Gasteiger partial charge is 0.0293 e. The van der Waals surface area contributed by atoms with Crippen molar-refractivity contribution in [1.82, 2.24) is 0 Å². The third-order valence-electron chi connectivity index (χ3n) is 1.28. The minimum absolute atomic E-state index is 0.535. The molecule has 0 saturated carbocycles. The highest BCUT2D eigenvalue weighted by molar-refractivity contribution is 5.78. The largest absolute Gasteiger partial charge is 0.265 e. The first-order valence-corrected chi connectivity index (χ1v) is 4.17. The summed E-state index contributed by atoms with van der Waals surface area (Å²) in [6.07, 6.45) is 7.98. The molecule has 0 aromatic carbocycles. The summed E-state index contributed by atoms with van der Waals surface area (Å²) in [5.74, 6) is 0.535. The van der Waals surface area contributed by atoms with Gasteiger partial charge in [0, 0.05) is 12.4 Å². The van der Waals surface area contributed by atoms with E-state index in [4.69, 9.17) is 0 Å². The van der Waals surface area contributed by atoms with Crippen LogP contribution in [0.15, 0.2) is 28.9 Å². The van der Waals surface area contributed by atoms with Gasteiger partial charge in [-0.05, 0) is 18.4 Å². The van der Waals surface area contributed by atoms with Gasteiger partial charge in [0.15, 0.2) is 0 Å². The molecule has 1 heteroatoms. The van der Waals surface area contributed by atoms with Crippen LogP contribution in [0.2, 0.25) is 0 Å². The first kappa shape index (κ1) is 10.2. The van der Waals surface area contributed by atoms with Crippen molar-refractivity contribution in [2.75, 3.05) is 0 Å². The lowest BCUT2D eigenvalue weighted by atomic mass is 10.1. The maximum absolute atomic E-state index is 4.03. The summed E-state index contributed by atoms with van der Waals surface area (Å²) < 4.78 is 0. The lowest BCUT2D eigenvalue weighted by molar-refractivity contribution is 0.933. The van der Waals surface area contributed by atoms with Crippen LogP contribution in [-0.2, 0) is 0 Å². The second-order valence-electron chi connectivity index (χ2n) is 2.39. The quantitative estimate of drug-likeness (QED) is 0.504. The molecule has 1 aliphatic rings. The maximum Gasteiger partial charge on any atom is 0.0293 e. The molecule has 0 N–H and O–H groups in total. The molecule has 1 rings (SSSR count). The van der Waals surface area contributed by atoms with E-state index in [1.165, 1.54) is 5.57 Å². The molecule has 62 valence electrons. The van der Waals surface area contributed by atoms with E-state index in [9.17, 15) is 0 Å². The standard InChI is InChI=1S/C8H11N.C2H6/c1-7-3-4-9-6-8(2)5-7;1-2/h3-7H,1-2H3;1-2H3. The SMILES string of the molecule is CC.CC1=CC(C)C=CN=C1. The Morgan fingerprint density at radius 1 is 1.36 bits per heavy atom. The molecule has 0 aromatic rings. The summed E-state index contributed by atoms with van der Waals surface area (Å²) in [7, 11) is 0. The predicted molar refractivity (Wildman–Crippen MR) is 51.9 cm³/mol. The molecule has 0 fully saturated rings. The molecule has 1 nitrogen and oxygen atoms in total. The van der Waals surface area contributed by atoms with Gasteiger partial charge < -0.3 is 0 Å². The molecule has 1 heterocycles. The van der Waals surface area contributed by atoms with Crippen molar-refractivity contribution in [2.45, 2.75) is 27.7 Å². The average molecular weight is 151 g/mol. The molecular weight excluding hydrogens is 134 g/mol. The number of nitrogens with zero attached hydrogens (tertiary/aromatic N) is 1. The lowest BCUT2D eigenvalue weighted by Gasteiger charge is -1.93. The monoisotopic (exact) mass is 151 g/mol. The highest BCUT2D eigenvalue weighted by atomic mass is 14.7. The van der Waals surface area contributed by atoms with Crippen LogP contribution in [0.25, 0.3) is 0 Å². The van der Waals surface area contributed by atoms with Crippen molar-refractivity contribution < 1.29 is 0 Å². The van der Waals surface area contributed by atoms with Crippen molar-refractivity contribution >= 4 is 6.21 Å². The Kier molecular flexibility index (Phi) is 5.44. The van der Waals surface area contributed by atoms with E-state index < -0.39 is 0 Å². The van der Waals surface area contributed by atoms with Gasteiger partial charge in [-0.2, -0.15) is 0 Å². The molecule has 0 aromatic heterocycles. The van der Waals surface area contributed by atoms with Crippen molar-refractivity contribution in [3.8, 4) is 0 Å². The molecule has 1 atom stereocenters. The van der Waals surface area contributed by atoms with Crippen LogP contribution in [0.1, 0.15) is 27.7 Å². The molecule has 0 saturated heterocycles. The van der Waals surface area contributed by atoms with E-state index in [0.29, 0.717) is 5.92 Å². The van der Waals surface area contributed by atoms with Crippen molar-refractivity contribution in [3.05, 3.63) is 23.9 Å². The lowest BCUT2D eigenvalue weighted by Crippen LogP contribution is -1.82. The van der Waals surface area contributed by atoms with Crippen LogP contribution in [0, 0.1) is 5.92 Å². The second kappa shape index (κ2) is 5.90. The summed E-state index contributed by atoms with van der Waals surface area (Å²) in [6.45, 7) is 8.21. The number of hydrogen-bond acceptors (Lipinski definition) is 1. The van der Waals surface area contributed by atoms with E-state index in [2.05, 4.69) is 31.0 Å². The van der Waals surface area contributed by atoms with Gasteiger partial charge >= 0.3 is 0 Å². The Morgan fingerprint density at radius 3 is 2.64 bits per heavy atom. The van der Waals surface area contributed by atoms with E-state index in [1.54, 1.807) is 0 Å². The van der Waals surface area contributed by atoms with Crippen LogP contribution >= 0.6 is 0 Å². The fourth-order valence-electron chi connectivity index (χ4n) is 0.859. The van der Waals surface area contributed by atoms with Gasteiger partial charge in [-0.25, -0.2) is 0 Å². The summed E-state index contributed by atoms with van der Waals surface area (Å²) in [6, 6.07) is 0. The van der Waals surface area contributed by atoms with E-state index in [1.807, 2.05) is 26.3 Å². The van der Waals surface area contributed by atoms with Crippen LogP contribution in [0.4, 0.5) is 0 Å². The topological polar surface area (TPSA) is 12.4 Å². The maximum atomic E-state index is 4.03. The fraction of sp³-hybridized carbons (Fsp3) is 0.500. The van der Waals surface area contributed by atoms with Crippen LogP contribution in [0.3, 0.4) is 0 Å². The second-order valence-corrected chi connectivity index (χ2v) is 2.39. The molecule has 0 amide bonds. The highest BCUT2D eigenvalue weighted by Gasteiger charge is 1.93. The van der Waals surface area contributed by atoms with Crippen molar-refractivity contribution in [2.24, 2.45) is 10.9 Å². The molecule has 0 radical (unpaired) electrons.